The molecule has 1 aromatic heterocycles. The quantitative estimate of drug-likeness (QED) is 0.553. The van der Waals surface area contributed by atoms with E-state index in [2.05, 4.69) is 23.8 Å². The van der Waals surface area contributed by atoms with Crippen molar-refractivity contribution in [3.8, 4) is 0 Å². The average Bonchev–Trinajstić information content (AvgIpc) is 2.68. The van der Waals surface area contributed by atoms with Crippen LogP contribution in [0.3, 0.4) is 0 Å². The molecule has 1 N–H and O–H groups in total. The molecule has 3 heteroatoms. The third kappa shape index (κ3) is 4.53. The molecule has 0 radical (unpaired) electrons. The fraction of sp³-hybridized carbons (Fsp3) is 0.545. The van der Waals surface area contributed by atoms with E-state index in [9.17, 15) is 0 Å². The van der Waals surface area contributed by atoms with Crippen LogP contribution in [0.2, 0.25) is 0 Å². The highest BCUT2D eigenvalue weighted by molar-refractivity contribution is 7.09. The first-order valence-corrected chi connectivity index (χ1v) is 5.92. The first kappa shape index (κ1) is 11.4. The van der Waals surface area contributed by atoms with E-state index in [-0.39, 0.29) is 0 Å². The largest absolute Gasteiger partial charge is 0.309 e. The van der Waals surface area contributed by atoms with Crippen molar-refractivity contribution in [1.29, 1.82) is 0 Å². The summed E-state index contributed by atoms with van der Waals surface area (Å²) in [6.07, 6.45) is 7.46. The van der Waals surface area contributed by atoms with Gasteiger partial charge in [-0.1, -0.05) is 6.08 Å². The SMILES string of the molecule is C=CCCCC(C)NCc1cncs1. The molecular formula is C11H18N2S. The highest BCUT2D eigenvalue weighted by Crippen LogP contribution is 2.06. The highest BCUT2D eigenvalue weighted by atomic mass is 32.1. The Bertz CT molecular complexity index is 244. The first-order valence-electron chi connectivity index (χ1n) is 5.04. The minimum Gasteiger partial charge on any atom is -0.309 e. The maximum atomic E-state index is 4.04. The van der Waals surface area contributed by atoms with E-state index < -0.39 is 0 Å². The van der Waals surface area contributed by atoms with Crippen LogP contribution in [-0.2, 0) is 6.54 Å². The Hall–Kier alpha value is -0.670. The second-order valence-corrected chi connectivity index (χ2v) is 4.44. The molecule has 1 rings (SSSR count). The number of nitrogens with zero attached hydrogens (tertiary/aromatic N) is 1. The summed E-state index contributed by atoms with van der Waals surface area (Å²) in [7, 11) is 0. The van der Waals surface area contributed by atoms with Gasteiger partial charge in [0.25, 0.3) is 0 Å². The van der Waals surface area contributed by atoms with E-state index in [0.717, 1.165) is 13.0 Å². The van der Waals surface area contributed by atoms with Gasteiger partial charge in [0.1, 0.15) is 0 Å². The van der Waals surface area contributed by atoms with Gasteiger partial charge in [-0.2, -0.15) is 0 Å². The Morgan fingerprint density at radius 1 is 1.71 bits per heavy atom. The topological polar surface area (TPSA) is 24.9 Å². The lowest BCUT2D eigenvalue weighted by atomic mass is 10.1. The molecule has 1 unspecified atom stereocenters. The molecule has 0 aliphatic heterocycles. The Labute approximate surface area is 90.1 Å². The van der Waals surface area contributed by atoms with Gasteiger partial charge in [0.05, 0.1) is 5.51 Å². The van der Waals surface area contributed by atoms with Crippen LogP contribution in [0.15, 0.2) is 24.4 Å². The molecule has 0 spiro atoms. The van der Waals surface area contributed by atoms with Crippen molar-refractivity contribution in [3.05, 3.63) is 29.2 Å². The van der Waals surface area contributed by atoms with Gasteiger partial charge in [-0.05, 0) is 26.2 Å². The molecule has 0 aliphatic rings. The van der Waals surface area contributed by atoms with E-state index in [1.165, 1.54) is 17.7 Å². The van der Waals surface area contributed by atoms with Crippen LogP contribution in [0.1, 0.15) is 31.1 Å². The summed E-state index contributed by atoms with van der Waals surface area (Å²) in [5.74, 6) is 0. The summed E-state index contributed by atoms with van der Waals surface area (Å²) in [6, 6.07) is 0.581. The summed E-state index contributed by atoms with van der Waals surface area (Å²) in [5.41, 5.74) is 1.87. The molecule has 78 valence electrons. The molecule has 14 heavy (non-hydrogen) atoms. The third-order valence-corrected chi connectivity index (χ3v) is 2.93. The van der Waals surface area contributed by atoms with Crippen LogP contribution in [0.4, 0.5) is 0 Å². The van der Waals surface area contributed by atoms with Crippen LogP contribution in [0.5, 0.6) is 0 Å². The summed E-state index contributed by atoms with van der Waals surface area (Å²) in [6.45, 7) is 6.89. The van der Waals surface area contributed by atoms with Crippen LogP contribution in [0, 0.1) is 0 Å². The lowest BCUT2D eigenvalue weighted by Gasteiger charge is -2.11. The monoisotopic (exact) mass is 210 g/mol. The fourth-order valence-corrected chi connectivity index (χ4v) is 1.82. The summed E-state index contributed by atoms with van der Waals surface area (Å²) < 4.78 is 0. The van der Waals surface area contributed by atoms with Crippen molar-refractivity contribution in [2.24, 2.45) is 0 Å². The van der Waals surface area contributed by atoms with Gasteiger partial charge < -0.3 is 5.32 Å². The molecule has 1 atom stereocenters. The fourth-order valence-electron chi connectivity index (χ4n) is 1.27. The van der Waals surface area contributed by atoms with Crippen molar-refractivity contribution in [1.82, 2.24) is 10.3 Å². The number of nitrogens with one attached hydrogen (secondary N) is 1. The normalized spacial score (nSPS) is 12.6. The van der Waals surface area contributed by atoms with Crippen molar-refractivity contribution in [3.63, 3.8) is 0 Å². The lowest BCUT2D eigenvalue weighted by Crippen LogP contribution is -2.24. The number of aromatic nitrogens is 1. The number of unbranched alkanes of at least 4 members (excludes halogenated alkanes) is 1. The molecule has 0 aliphatic carbocycles. The lowest BCUT2D eigenvalue weighted by molar-refractivity contribution is 0.502. The van der Waals surface area contributed by atoms with E-state index in [0.29, 0.717) is 6.04 Å². The molecule has 0 bridgehead atoms. The maximum Gasteiger partial charge on any atom is 0.0794 e. The van der Waals surface area contributed by atoms with Gasteiger partial charge in [-0.25, -0.2) is 0 Å². The first-order chi connectivity index (χ1) is 6.83. The molecule has 0 saturated carbocycles. The van der Waals surface area contributed by atoms with Crippen molar-refractivity contribution in [2.75, 3.05) is 0 Å². The average molecular weight is 210 g/mol. The highest BCUT2D eigenvalue weighted by Gasteiger charge is 2.01. The van der Waals surface area contributed by atoms with Gasteiger partial charge in [0, 0.05) is 23.7 Å². The van der Waals surface area contributed by atoms with E-state index in [1.807, 2.05) is 17.8 Å². The van der Waals surface area contributed by atoms with Crippen molar-refractivity contribution in [2.45, 2.75) is 38.8 Å². The van der Waals surface area contributed by atoms with Gasteiger partial charge in [-0.15, -0.1) is 17.9 Å². The molecule has 1 heterocycles. The molecule has 2 nitrogen and oxygen atoms in total. The number of hydrogen-bond acceptors (Lipinski definition) is 3. The van der Waals surface area contributed by atoms with E-state index >= 15 is 0 Å². The Morgan fingerprint density at radius 3 is 3.21 bits per heavy atom. The summed E-state index contributed by atoms with van der Waals surface area (Å²) >= 11 is 1.70. The predicted molar refractivity (Wildman–Crippen MR) is 62.5 cm³/mol. The molecule has 0 amide bonds. The molecular weight excluding hydrogens is 192 g/mol. The van der Waals surface area contributed by atoms with Crippen molar-refractivity contribution < 1.29 is 0 Å². The van der Waals surface area contributed by atoms with Gasteiger partial charge >= 0.3 is 0 Å². The maximum absolute atomic E-state index is 4.04. The van der Waals surface area contributed by atoms with Crippen LogP contribution in [0.25, 0.3) is 0 Å². The number of rotatable bonds is 7. The van der Waals surface area contributed by atoms with E-state index in [4.69, 9.17) is 0 Å². The third-order valence-electron chi connectivity index (χ3n) is 2.15. The number of hydrogen-bond donors (Lipinski definition) is 1. The zero-order valence-corrected chi connectivity index (χ0v) is 9.52. The minimum atomic E-state index is 0.581. The Balaban J connectivity index is 2.08. The summed E-state index contributed by atoms with van der Waals surface area (Å²) in [5, 5.41) is 3.48. The molecule has 0 saturated heterocycles. The number of allylic oxidation sites excluding steroid dienone is 1. The smallest absolute Gasteiger partial charge is 0.0794 e. The minimum absolute atomic E-state index is 0.581. The zero-order chi connectivity index (χ0) is 10.2. The van der Waals surface area contributed by atoms with Crippen LogP contribution >= 0.6 is 11.3 Å². The molecule has 0 aromatic carbocycles. The zero-order valence-electron chi connectivity index (χ0n) is 8.70. The van der Waals surface area contributed by atoms with Gasteiger partial charge in [0.15, 0.2) is 0 Å². The van der Waals surface area contributed by atoms with Gasteiger partial charge in [0.2, 0.25) is 0 Å². The van der Waals surface area contributed by atoms with Gasteiger partial charge in [-0.3, -0.25) is 4.98 Å². The molecule has 0 fully saturated rings. The second kappa shape index (κ2) is 6.74. The van der Waals surface area contributed by atoms with E-state index in [1.54, 1.807) is 11.3 Å². The Morgan fingerprint density at radius 2 is 2.57 bits per heavy atom. The molecule has 1 aromatic rings. The van der Waals surface area contributed by atoms with Crippen molar-refractivity contribution >= 4 is 11.3 Å². The van der Waals surface area contributed by atoms with Crippen LogP contribution in [-0.4, -0.2) is 11.0 Å². The predicted octanol–water partition coefficient (Wildman–Crippen LogP) is 2.98. The Kier molecular flexibility index (Phi) is 5.49. The standard InChI is InChI=1S/C11H18N2S/c1-3-4-5-6-10(2)13-8-11-7-12-9-14-11/h3,7,9-10,13H,1,4-6,8H2,2H3. The summed E-state index contributed by atoms with van der Waals surface area (Å²) in [4.78, 5) is 5.35. The van der Waals surface area contributed by atoms with Crippen LogP contribution < -0.4 is 5.32 Å². The second-order valence-electron chi connectivity index (χ2n) is 3.47. The number of thiazole rings is 1.